The Bertz CT molecular complexity index is 662. The van der Waals surface area contributed by atoms with Gasteiger partial charge < -0.3 is 14.9 Å². The quantitative estimate of drug-likeness (QED) is 0.406. The van der Waals surface area contributed by atoms with Crippen molar-refractivity contribution >= 4 is 24.3 Å². The number of unbranched alkanes of at least 4 members (excludes halogenated alkanes) is 1. The Labute approximate surface area is 141 Å². The number of nitrogens with one attached hydrogen (secondary N) is 1. The summed E-state index contributed by atoms with van der Waals surface area (Å²) in [5, 5.41) is 3.27. The molecule has 0 aromatic heterocycles. The van der Waals surface area contributed by atoms with Gasteiger partial charge in [0.25, 0.3) is 0 Å². The first kappa shape index (κ1) is 17.2. The van der Waals surface area contributed by atoms with Crippen LogP contribution in [-0.4, -0.2) is 12.5 Å². The van der Waals surface area contributed by atoms with E-state index in [1.165, 1.54) is 0 Å². The van der Waals surface area contributed by atoms with Crippen LogP contribution in [0.15, 0.2) is 47.4 Å². The van der Waals surface area contributed by atoms with Crippen LogP contribution in [0.25, 0.3) is 0 Å². The van der Waals surface area contributed by atoms with E-state index in [1.54, 1.807) is 12.1 Å². The van der Waals surface area contributed by atoms with Crippen LogP contribution in [0.3, 0.4) is 0 Å². The predicted molar refractivity (Wildman–Crippen MR) is 93.2 cm³/mol. The van der Waals surface area contributed by atoms with Crippen LogP contribution in [-0.2, 0) is 4.84 Å². The van der Waals surface area contributed by atoms with Crippen LogP contribution in [0.5, 0.6) is 11.5 Å². The molecule has 0 spiro atoms. The standard InChI is InChI=1S/C17H20N2O3S/c1-2-3-9-19-14-10-12(17(20)22-18)11-15(23)16(14)21-13-7-5-4-6-8-13/h4-8,10-11,19,23H,2-3,9,18H2,1H3. The van der Waals surface area contributed by atoms with Gasteiger partial charge in [0.1, 0.15) is 5.75 Å². The molecule has 0 saturated heterocycles. The van der Waals surface area contributed by atoms with Crippen LogP contribution >= 0.6 is 12.6 Å². The minimum atomic E-state index is -0.620. The maximum atomic E-state index is 11.7. The molecule has 6 heteroatoms. The van der Waals surface area contributed by atoms with Crippen LogP contribution in [0.1, 0.15) is 30.1 Å². The highest BCUT2D eigenvalue weighted by Crippen LogP contribution is 2.37. The Hall–Kier alpha value is -2.18. The average Bonchev–Trinajstić information content (AvgIpc) is 2.57. The molecule has 2 aromatic rings. The van der Waals surface area contributed by atoms with Crippen molar-refractivity contribution in [3.63, 3.8) is 0 Å². The van der Waals surface area contributed by atoms with Crippen molar-refractivity contribution in [2.45, 2.75) is 24.7 Å². The summed E-state index contributed by atoms with van der Waals surface area (Å²) < 4.78 is 5.92. The molecule has 0 radical (unpaired) electrons. The largest absolute Gasteiger partial charge is 0.454 e. The molecule has 0 amide bonds. The van der Waals surface area contributed by atoms with Crippen molar-refractivity contribution < 1.29 is 14.4 Å². The molecule has 0 bridgehead atoms. The van der Waals surface area contributed by atoms with Crippen molar-refractivity contribution in [3.05, 3.63) is 48.0 Å². The Morgan fingerprint density at radius 2 is 2.00 bits per heavy atom. The second-order valence-electron chi connectivity index (χ2n) is 4.97. The summed E-state index contributed by atoms with van der Waals surface area (Å²) in [5.41, 5.74) is 0.993. The third-order valence-electron chi connectivity index (χ3n) is 3.22. The van der Waals surface area contributed by atoms with Crippen molar-refractivity contribution in [1.82, 2.24) is 0 Å². The fourth-order valence-electron chi connectivity index (χ4n) is 2.04. The van der Waals surface area contributed by atoms with Crippen LogP contribution in [0, 0.1) is 0 Å². The van der Waals surface area contributed by atoms with Gasteiger partial charge >= 0.3 is 5.97 Å². The molecule has 0 aliphatic rings. The first-order chi connectivity index (χ1) is 11.2. The normalized spacial score (nSPS) is 10.2. The number of hydrogen-bond acceptors (Lipinski definition) is 6. The van der Waals surface area contributed by atoms with E-state index >= 15 is 0 Å². The molecule has 122 valence electrons. The SMILES string of the molecule is CCCCNc1cc(C(=O)ON)cc(S)c1Oc1ccccc1. The number of benzene rings is 2. The van der Waals surface area contributed by atoms with E-state index in [-0.39, 0.29) is 0 Å². The first-order valence-electron chi connectivity index (χ1n) is 7.40. The molecule has 5 nitrogen and oxygen atoms in total. The maximum Gasteiger partial charge on any atom is 0.356 e. The zero-order valence-corrected chi connectivity index (χ0v) is 13.8. The topological polar surface area (TPSA) is 73.6 Å². The van der Waals surface area contributed by atoms with Crippen LogP contribution in [0.2, 0.25) is 0 Å². The zero-order valence-electron chi connectivity index (χ0n) is 12.9. The molecular formula is C17H20N2O3S. The van der Waals surface area contributed by atoms with Crippen molar-refractivity contribution in [3.8, 4) is 11.5 Å². The number of ether oxygens (including phenoxy) is 1. The molecular weight excluding hydrogens is 312 g/mol. The van der Waals surface area contributed by atoms with E-state index in [4.69, 9.17) is 10.6 Å². The van der Waals surface area contributed by atoms with Gasteiger partial charge in [0.15, 0.2) is 5.75 Å². The van der Waals surface area contributed by atoms with Crippen LogP contribution in [0.4, 0.5) is 5.69 Å². The highest BCUT2D eigenvalue weighted by atomic mass is 32.1. The smallest absolute Gasteiger partial charge is 0.356 e. The van der Waals surface area contributed by atoms with Gasteiger partial charge in [-0.2, -0.15) is 5.90 Å². The van der Waals surface area contributed by atoms with E-state index in [2.05, 4.69) is 29.7 Å². The molecule has 3 N–H and O–H groups in total. The molecule has 0 saturated carbocycles. The van der Waals surface area contributed by atoms with Gasteiger partial charge in [-0.25, -0.2) is 4.79 Å². The fourth-order valence-corrected chi connectivity index (χ4v) is 2.35. The molecule has 0 heterocycles. The van der Waals surface area contributed by atoms with E-state index in [9.17, 15) is 4.79 Å². The number of thiol groups is 1. The van der Waals surface area contributed by atoms with Gasteiger partial charge in [0.2, 0.25) is 0 Å². The highest BCUT2D eigenvalue weighted by molar-refractivity contribution is 7.80. The molecule has 0 unspecified atom stereocenters. The number of rotatable bonds is 7. The van der Waals surface area contributed by atoms with E-state index in [0.29, 0.717) is 27.6 Å². The lowest BCUT2D eigenvalue weighted by molar-refractivity contribution is 0.0503. The summed E-state index contributed by atoms with van der Waals surface area (Å²) in [6, 6.07) is 12.6. The monoisotopic (exact) mass is 332 g/mol. The second-order valence-corrected chi connectivity index (χ2v) is 5.45. The summed E-state index contributed by atoms with van der Waals surface area (Å²) >= 11 is 4.43. The molecule has 0 aliphatic carbocycles. The third kappa shape index (κ3) is 4.64. The summed E-state index contributed by atoms with van der Waals surface area (Å²) in [5.74, 6) is 5.59. The second kappa shape index (κ2) is 8.45. The fraction of sp³-hybridized carbons (Fsp3) is 0.235. The molecule has 23 heavy (non-hydrogen) atoms. The van der Waals surface area contributed by atoms with E-state index in [1.807, 2.05) is 30.3 Å². The number of para-hydroxylation sites is 1. The van der Waals surface area contributed by atoms with Gasteiger partial charge in [0, 0.05) is 11.4 Å². The van der Waals surface area contributed by atoms with Gasteiger partial charge in [-0.15, -0.1) is 12.6 Å². The van der Waals surface area contributed by atoms with Crippen molar-refractivity contribution in [1.29, 1.82) is 0 Å². The molecule has 0 atom stereocenters. The molecule has 0 fully saturated rings. The lowest BCUT2D eigenvalue weighted by Gasteiger charge is -2.16. The minimum Gasteiger partial charge on any atom is -0.454 e. The van der Waals surface area contributed by atoms with Gasteiger partial charge in [-0.1, -0.05) is 31.5 Å². The lowest BCUT2D eigenvalue weighted by atomic mass is 10.1. The van der Waals surface area contributed by atoms with Crippen molar-refractivity contribution in [2.24, 2.45) is 5.90 Å². The number of carbonyl (C=O) groups excluding carboxylic acids is 1. The molecule has 0 aliphatic heterocycles. The number of nitrogens with two attached hydrogens (primary N) is 1. The Morgan fingerprint density at radius 3 is 2.65 bits per heavy atom. The number of hydrogen-bond donors (Lipinski definition) is 3. The van der Waals surface area contributed by atoms with Crippen LogP contribution < -0.4 is 16.0 Å². The Balaban J connectivity index is 2.35. The first-order valence-corrected chi connectivity index (χ1v) is 7.85. The van der Waals surface area contributed by atoms with Gasteiger partial charge in [0.05, 0.1) is 11.3 Å². The molecule has 2 aromatic carbocycles. The van der Waals surface area contributed by atoms with Gasteiger partial charge in [-0.05, 0) is 30.7 Å². The van der Waals surface area contributed by atoms with Gasteiger partial charge in [-0.3, -0.25) is 0 Å². The summed E-state index contributed by atoms with van der Waals surface area (Å²) in [4.78, 5) is 16.5. The number of carbonyl (C=O) groups is 1. The van der Waals surface area contributed by atoms with E-state index < -0.39 is 5.97 Å². The average molecular weight is 332 g/mol. The summed E-state index contributed by atoms with van der Waals surface area (Å²) in [6.07, 6.45) is 2.05. The third-order valence-corrected chi connectivity index (χ3v) is 3.55. The van der Waals surface area contributed by atoms with E-state index in [0.717, 1.165) is 19.4 Å². The zero-order chi connectivity index (χ0) is 16.7. The predicted octanol–water partition coefficient (Wildman–Crippen LogP) is 4.01. The summed E-state index contributed by atoms with van der Waals surface area (Å²) in [7, 11) is 0. The maximum absolute atomic E-state index is 11.7. The highest BCUT2D eigenvalue weighted by Gasteiger charge is 2.16. The minimum absolute atomic E-state index is 0.317. The Morgan fingerprint density at radius 1 is 1.26 bits per heavy atom. The lowest BCUT2D eigenvalue weighted by Crippen LogP contribution is -2.11. The van der Waals surface area contributed by atoms with Crippen molar-refractivity contribution in [2.75, 3.05) is 11.9 Å². The molecule has 2 rings (SSSR count). The number of anilines is 1. The summed E-state index contributed by atoms with van der Waals surface area (Å²) in [6.45, 7) is 2.87. The Kier molecular flexibility index (Phi) is 6.31.